The minimum absolute atomic E-state index is 0.00587. The fourth-order valence-corrected chi connectivity index (χ4v) is 4.97. The number of fused-ring (bicyclic) bond motifs is 2. The van der Waals surface area contributed by atoms with Gasteiger partial charge in [-0.05, 0) is 30.0 Å². The van der Waals surface area contributed by atoms with Crippen molar-refractivity contribution >= 4 is 43.6 Å². The highest BCUT2D eigenvalue weighted by Gasteiger charge is 2.34. The van der Waals surface area contributed by atoms with Crippen molar-refractivity contribution in [2.75, 3.05) is 12.9 Å². The van der Waals surface area contributed by atoms with E-state index in [1.54, 1.807) is 0 Å². The van der Waals surface area contributed by atoms with E-state index in [9.17, 15) is 26.4 Å². The molecular weight excluding hydrogens is 483 g/mol. The number of carbonyl (C=O) groups excluding carboxylic acids is 1. The molecule has 33 heavy (non-hydrogen) atoms. The predicted octanol–water partition coefficient (Wildman–Crippen LogP) is 3.95. The molecule has 0 fully saturated rings. The van der Waals surface area contributed by atoms with Gasteiger partial charge in [0, 0.05) is 18.1 Å². The Bertz CT molecular complexity index is 1510. The van der Waals surface area contributed by atoms with E-state index in [2.05, 4.69) is 19.7 Å². The van der Waals surface area contributed by atoms with Gasteiger partial charge >= 0.3 is 11.5 Å². The van der Waals surface area contributed by atoms with E-state index in [-0.39, 0.29) is 39.0 Å². The highest BCUT2D eigenvalue weighted by atomic mass is 32.2. The number of carbonyl (C=O) groups is 1. The van der Waals surface area contributed by atoms with Crippen molar-refractivity contribution in [3.8, 4) is 11.5 Å². The molecule has 0 amide bonds. The van der Waals surface area contributed by atoms with E-state index in [1.165, 1.54) is 48.4 Å². The Kier molecular flexibility index (Phi) is 5.60. The number of thioether (sulfide) groups is 1. The molecule has 4 rings (SSSR count). The fourth-order valence-electron chi connectivity index (χ4n) is 3.24. The van der Waals surface area contributed by atoms with Crippen LogP contribution in [0.25, 0.3) is 28.2 Å². The zero-order chi connectivity index (χ0) is 24.1. The second kappa shape index (κ2) is 8.02. The maximum absolute atomic E-state index is 13.1. The zero-order valence-corrected chi connectivity index (χ0v) is 19.0. The lowest BCUT2D eigenvalue weighted by molar-refractivity contribution is -0.141. The Labute approximate surface area is 189 Å². The summed E-state index contributed by atoms with van der Waals surface area (Å²) in [7, 11) is -1.07. The number of hydrogen-bond acceptors (Lipinski definition) is 8. The van der Waals surface area contributed by atoms with Crippen LogP contribution >= 0.6 is 11.8 Å². The Morgan fingerprint density at radius 3 is 2.61 bits per heavy atom. The van der Waals surface area contributed by atoms with Crippen molar-refractivity contribution in [2.45, 2.75) is 23.0 Å². The molecular formula is C19H16F3N5O4S2. The monoisotopic (exact) mass is 499 g/mol. The number of rotatable bonds is 4. The smallest absolute Gasteiger partial charge is 0.433 e. The van der Waals surface area contributed by atoms with Crippen molar-refractivity contribution in [1.82, 2.24) is 23.9 Å². The molecule has 0 spiro atoms. The summed E-state index contributed by atoms with van der Waals surface area (Å²) in [4.78, 5) is 24.2. The number of nitrogens with zero attached hydrogens (tertiary/aromatic N) is 5. The van der Waals surface area contributed by atoms with Crippen LogP contribution in [0, 0.1) is 0 Å². The Hall–Kier alpha value is -3.13. The Morgan fingerprint density at radius 1 is 1.24 bits per heavy atom. The van der Waals surface area contributed by atoms with Gasteiger partial charge < -0.3 is 9.30 Å². The van der Waals surface area contributed by atoms with Gasteiger partial charge in [-0.3, -0.25) is 4.40 Å². The van der Waals surface area contributed by atoms with Crippen LogP contribution in [-0.2, 0) is 27.8 Å². The molecule has 9 nitrogen and oxygen atoms in total. The molecule has 0 unspecified atom stereocenters. The topological polar surface area (TPSA) is 108 Å². The quantitative estimate of drug-likeness (QED) is 0.307. The van der Waals surface area contributed by atoms with Crippen LogP contribution in [0.3, 0.4) is 0 Å². The van der Waals surface area contributed by atoms with Gasteiger partial charge in [0.25, 0.3) is 0 Å². The average Bonchev–Trinajstić information content (AvgIpc) is 3.30. The van der Waals surface area contributed by atoms with Crippen molar-refractivity contribution in [1.29, 1.82) is 0 Å². The van der Waals surface area contributed by atoms with Crippen molar-refractivity contribution in [2.24, 2.45) is 7.05 Å². The maximum Gasteiger partial charge on any atom is 0.433 e. The first-order valence-corrected chi connectivity index (χ1v) is 11.8. The normalized spacial score (nSPS) is 12.5. The number of aryl methyl sites for hydroxylation is 1. The van der Waals surface area contributed by atoms with E-state index in [4.69, 9.17) is 0 Å². The number of imidazole rings is 2. The molecule has 4 aromatic rings. The third-order valence-electron chi connectivity index (χ3n) is 4.87. The molecule has 0 aliphatic carbocycles. The number of sulfone groups is 1. The Morgan fingerprint density at radius 2 is 1.97 bits per heavy atom. The number of ether oxygens (including phenoxy) is 1. The van der Waals surface area contributed by atoms with Crippen molar-refractivity contribution < 1.29 is 31.1 Å². The van der Waals surface area contributed by atoms with Crippen LogP contribution in [0.5, 0.6) is 0 Å². The first kappa shape index (κ1) is 23.0. The average molecular weight is 499 g/mol. The standard InChI is InChI=1S/C19H16F3N5O4S2/c1-4-33(29,30)17-15(25-14-7-10(5-6-27(14)17)32-18(28)31-3)16-24-11-8-13(19(20,21)22)23-9-12(11)26(16)2/h5-9H,4H2,1-3H3. The Balaban J connectivity index is 1.97. The van der Waals surface area contributed by atoms with E-state index >= 15 is 0 Å². The van der Waals surface area contributed by atoms with Crippen LogP contribution in [0.1, 0.15) is 12.6 Å². The highest BCUT2D eigenvalue weighted by Crippen LogP contribution is 2.34. The van der Waals surface area contributed by atoms with E-state index in [1.807, 2.05) is 0 Å². The number of methoxy groups -OCH3 is 1. The van der Waals surface area contributed by atoms with Gasteiger partial charge in [-0.2, -0.15) is 13.2 Å². The second-order valence-corrected chi connectivity index (χ2v) is 10.1. The summed E-state index contributed by atoms with van der Waals surface area (Å²) in [5.74, 6) is -0.181. The number of hydrogen-bond donors (Lipinski definition) is 0. The molecule has 0 N–H and O–H groups in total. The summed E-state index contributed by atoms with van der Waals surface area (Å²) in [5, 5.41) is -0.715. The lowest BCUT2D eigenvalue weighted by atomic mass is 10.3. The van der Waals surface area contributed by atoms with Gasteiger partial charge in [-0.1, -0.05) is 6.92 Å². The van der Waals surface area contributed by atoms with E-state index in [0.29, 0.717) is 4.90 Å². The summed E-state index contributed by atoms with van der Waals surface area (Å²) in [6.45, 7) is 1.47. The third kappa shape index (κ3) is 4.04. The maximum atomic E-state index is 13.1. The van der Waals surface area contributed by atoms with Crippen LogP contribution in [0.15, 0.2) is 40.5 Å². The molecule has 4 heterocycles. The molecule has 0 saturated heterocycles. The van der Waals surface area contributed by atoms with Crippen LogP contribution in [0.4, 0.5) is 18.0 Å². The molecule has 0 aliphatic rings. The summed E-state index contributed by atoms with van der Waals surface area (Å²) in [5.41, 5.74) is -0.651. The number of pyridine rings is 2. The number of alkyl halides is 3. The molecule has 0 radical (unpaired) electrons. The summed E-state index contributed by atoms with van der Waals surface area (Å²) in [6.07, 6.45) is -2.17. The van der Waals surface area contributed by atoms with Gasteiger partial charge in [-0.15, -0.1) is 0 Å². The minimum Gasteiger partial charge on any atom is -0.461 e. The second-order valence-electron chi connectivity index (χ2n) is 6.87. The molecule has 0 bridgehead atoms. The third-order valence-corrected chi connectivity index (χ3v) is 7.43. The van der Waals surface area contributed by atoms with E-state index < -0.39 is 27.0 Å². The molecule has 0 aliphatic heterocycles. The summed E-state index contributed by atoms with van der Waals surface area (Å²) >= 11 is 0.794. The van der Waals surface area contributed by atoms with Crippen LogP contribution in [0.2, 0.25) is 0 Å². The first-order chi connectivity index (χ1) is 15.5. The number of halogens is 3. The van der Waals surface area contributed by atoms with Crippen LogP contribution in [-0.4, -0.2) is 50.5 Å². The molecule has 0 saturated carbocycles. The summed E-state index contributed by atoms with van der Waals surface area (Å²) < 4.78 is 72.5. The first-order valence-electron chi connectivity index (χ1n) is 9.37. The fraction of sp³-hybridized carbons (Fsp3) is 0.263. The molecule has 0 aromatic carbocycles. The van der Waals surface area contributed by atoms with Crippen LogP contribution < -0.4 is 0 Å². The van der Waals surface area contributed by atoms with Crippen molar-refractivity contribution in [3.63, 3.8) is 0 Å². The van der Waals surface area contributed by atoms with Gasteiger partial charge in [-0.25, -0.2) is 28.2 Å². The molecule has 14 heteroatoms. The lowest BCUT2D eigenvalue weighted by Crippen LogP contribution is -2.09. The van der Waals surface area contributed by atoms with E-state index in [0.717, 1.165) is 24.0 Å². The highest BCUT2D eigenvalue weighted by molar-refractivity contribution is 8.13. The molecule has 4 aromatic heterocycles. The SMILES string of the molecule is CCS(=O)(=O)c1c(-c2nc3cc(C(F)(F)F)ncc3n2C)nc2cc(SC(=O)OC)ccn12. The molecule has 0 atom stereocenters. The number of aromatic nitrogens is 5. The predicted molar refractivity (Wildman–Crippen MR) is 114 cm³/mol. The van der Waals surface area contributed by atoms with Gasteiger partial charge in [0.15, 0.2) is 20.7 Å². The molecule has 174 valence electrons. The van der Waals surface area contributed by atoms with Crippen molar-refractivity contribution in [3.05, 3.63) is 36.3 Å². The lowest BCUT2D eigenvalue weighted by Gasteiger charge is -2.06. The van der Waals surface area contributed by atoms with Gasteiger partial charge in [0.1, 0.15) is 17.0 Å². The minimum atomic E-state index is -4.65. The van der Waals surface area contributed by atoms with Gasteiger partial charge in [0.05, 0.1) is 30.1 Å². The van der Waals surface area contributed by atoms with Gasteiger partial charge in [0.2, 0.25) is 0 Å². The zero-order valence-electron chi connectivity index (χ0n) is 17.4. The summed E-state index contributed by atoms with van der Waals surface area (Å²) in [6, 6.07) is 3.84. The largest absolute Gasteiger partial charge is 0.461 e.